The van der Waals surface area contributed by atoms with E-state index in [4.69, 9.17) is 23.2 Å². The summed E-state index contributed by atoms with van der Waals surface area (Å²) in [6.07, 6.45) is 6.37. The summed E-state index contributed by atoms with van der Waals surface area (Å²) in [5.41, 5.74) is 1.49. The number of halogens is 2. The lowest BCUT2D eigenvalue weighted by atomic mass is 9.42. The van der Waals surface area contributed by atoms with Crippen LogP contribution >= 0.6 is 23.2 Å². The lowest BCUT2D eigenvalue weighted by Crippen LogP contribution is -2.59. The summed E-state index contributed by atoms with van der Waals surface area (Å²) < 4.78 is 0. The second-order valence-electron chi connectivity index (χ2n) is 10.2. The molecular weight excluding hydrogens is 443 g/mol. The van der Waals surface area contributed by atoms with E-state index in [-0.39, 0.29) is 29.2 Å². The van der Waals surface area contributed by atoms with Gasteiger partial charge in [0, 0.05) is 7.05 Å². The fraction of sp³-hybridized carbons (Fsp3) is 0.462. The van der Waals surface area contributed by atoms with Crippen LogP contribution in [0.25, 0.3) is 0 Å². The highest BCUT2D eigenvalue weighted by Crippen LogP contribution is 2.66. The molecule has 4 saturated carbocycles. The lowest BCUT2D eigenvalue weighted by Gasteiger charge is -2.62. The van der Waals surface area contributed by atoms with Crippen molar-refractivity contribution >= 4 is 40.7 Å². The third kappa shape index (κ3) is 3.72. The molecule has 4 fully saturated rings. The Morgan fingerprint density at radius 2 is 1.59 bits per heavy atom. The third-order valence-corrected chi connectivity index (χ3v) is 8.49. The predicted octanol–water partition coefficient (Wildman–Crippen LogP) is 5.93. The summed E-state index contributed by atoms with van der Waals surface area (Å²) >= 11 is 12.4. The average molecular weight is 471 g/mol. The second-order valence-corrected chi connectivity index (χ2v) is 11.0. The van der Waals surface area contributed by atoms with Crippen molar-refractivity contribution in [2.75, 3.05) is 18.9 Å². The van der Waals surface area contributed by atoms with Gasteiger partial charge in [-0.05, 0) is 73.5 Å². The third-order valence-electron chi connectivity index (χ3n) is 7.86. The van der Waals surface area contributed by atoms with E-state index >= 15 is 0 Å². The normalized spacial score (nSPS) is 30.2. The molecule has 0 radical (unpaired) electrons. The van der Waals surface area contributed by atoms with Gasteiger partial charge in [-0.2, -0.15) is 0 Å². The molecule has 2 amide bonds. The van der Waals surface area contributed by atoms with Gasteiger partial charge in [-0.15, -0.1) is 0 Å². The number of benzene rings is 2. The molecule has 4 aliphatic rings. The van der Waals surface area contributed by atoms with Crippen LogP contribution in [0, 0.1) is 17.3 Å². The highest BCUT2D eigenvalue weighted by Gasteiger charge is 2.61. The van der Waals surface area contributed by atoms with Crippen LogP contribution < -0.4 is 5.32 Å². The number of nitrogens with one attached hydrogen (secondary N) is 1. The minimum absolute atomic E-state index is 0.0180. The number of rotatable bonds is 5. The number of carbonyl (C=O) groups is 2. The van der Waals surface area contributed by atoms with Crippen molar-refractivity contribution in [3.8, 4) is 0 Å². The maximum atomic E-state index is 13.8. The molecule has 6 rings (SSSR count). The van der Waals surface area contributed by atoms with Crippen molar-refractivity contribution in [1.29, 1.82) is 0 Å². The Morgan fingerprint density at radius 3 is 2.22 bits per heavy atom. The molecule has 6 heteroatoms. The van der Waals surface area contributed by atoms with Crippen molar-refractivity contribution < 1.29 is 9.59 Å². The number of para-hydroxylation sites is 1. The van der Waals surface area contributed by atoms with E-state index in [0.29, 0.717) is 27.6 Å². The molecule has 168 valence electrons. The molecule has 0 saturated heterocycles. The summed E-state index contributed by atoms with van der Waals surface area (Å²) in [5.74, 6) is 0.986. The molecule has 4 nitrogen and oxygen atoms in total. The van der Waals surface area contributed by atoms with Crippen LogP contribution in [0.5, 0.6) is 0 Å². The quantitative estimate of drug-likeness (QED) is 0.588. The van der Waals surface area contributed by atoms with Gasteiger partial charge < -0.3 is 10.2 Å². The van der Waals surface area contributed by atoms with Crippen molar-refractivity contribution in [2.45, 2.75) is 43.9 Å². The molecule has 1 N–H and O–H groups in total. The number of hydrogen-bond acceptors (Lipinski definition) is 2. The number of hydrogen-bond donors (Lipinski definition) is 1. The average Bonchev–Trinajstić information content (AvgIpc) is 2.75. The zero-order chi connectivity index (χ0) is 22.5. The first kappa shape index (κ1) is 21.8. The van der Waals surface area contributed by atoms with Gasteiger partial charge >= 0.3 is 0 Å². The first-order valence-corrected chi connectivity index (χ1v) is 12.1. The molecule has 32 heavy (non-hydrogen) atoms. The van der Waals surface area contributed by atoms with Crippen LogP contribution in [0.3, 0.4) is 0 Å². The van der Waals surface area contributed by atoms with E-state index in [1.165, 1.54) is 24.8 Å². The number of anilines is 1. The Labute approximate surface area is 199 Å². The van der Waals surface area contributed by atoms with Crippen LogP contribution in [0.2, 0.25) is 10.0 Å². The van der Waals surface area contributed by atoms with Gasteiger partial charge in [0.1, 0.15) is 0 Å². The van der Waals surface area contributed by atoms with Crippen LogP contribution in [-0.4, -0.2) is 30.3 Å². The lowest BCUT2D eigenvalue weighted by molar-refractivity contribution is -0.159. The Bertz CT molecular complexity index is 1020. The van der Waals surface area contributed by atoms with Crippen LogP contribution in [0.15, 0.2) is 48.5 Å². The number of likely N-dealkylation sites (N-methyl/N-ethyl adjacent to an activating group) is 1. The van der Waals surface area contributed by atoms with Gasteiger partial charge in [0.2, 0.25) is 11.8 Å². The van der Waals surface area contributed by atoms with E-state index in [1.807, 2.05) is 0 Å². The molecule has 2 unspecified atom stereocenters. The van der Waals surface area contributed by atoms with Crippen LogP contribution in [-0.2, 0) is 15.0 Å². The molecule has 2 atom stereocenters. The van der Waals surface area contributed by atoms with Crippen molar-refractivity contribution in [3.63, 3.8) is 0 Å². The van der Waals surface area contributed by atoms with Gasteiger partial charge in [-0.1, -0.05) is 59.6 Å². The number of carbonyl (C=O) groups excluding carboxylic acids is 2. The van der Waals surface area contributed by atoms with E-state index in [1.54, 1.807) is 30.1 Å². The number of amides is 2. The topological polar surface area (TPSA) is 49.4 Å². The molecule has 4 bridgehead atoms. The molecule has 0 aromatic heterocycles. The van der Waals surface area contributed by atoms with E-state index in [2.05, 4.69) is 35.6 Å². The van der Waals surface area contributed by atoms with Gasteiger partial charge in [0.25, 0.3) is 0 Å². The summed E-state index contributed by atoms with van der Waals surface area (Å²) in [6.45, 7) is -0.0180. The van der Waals surface area contributed by atoms with Gasteiger partial charge in [-0.25, -0.2) is 0 Å². The Kier molecular flexibility index (Phi) is 5.50. The summed E-state index contributed by atoms with van der Waals surface area (Å²) in [4.78, 5) is 28.1. The molecule has 4 aliphatic carbocycles. The van der Waals surface area contributed by atoms with Crippen molar-refractivity contribution in [2.24, 2.45) is 17.3 Å². The molecule has 2 aromatic rings. The minimum atomic E-state index is -0.364. The fourth-order valence-electron chi connectivity index (χ4n) is 7.13. The minimum Gasteiger partial charge on any atom is -0.336 e. The standard InChI is InChI=1S/C26H28Cl2N2O2/c1-30(15-22(31)29-23-20(27)8-5-9-21(23)28)24(32)26-13-17-10-18(14-26)12-25(11-17,16-26)19-6-3-2-4-7-19/h2-9,17-18H,10-16H2,1H3,(H,29,31). The molecule has 2 aromatic carbocycles. The monoisotopic (exact) mass is 470 g/mol. The highest BCUT2D eigenvalue weighted by atomic mass is 35.5. The Morgan fingerprint density at radius 1 is 0.969 bits per heavy atom. The first-order valence-electron chi connectivity index (χ1n) is 11.4. The summed E-state index contributed by atoms with van der Waals surface area (Å²) in [6, 6.07) is 15.8. The second kappa shape index (κ2) is 8.07. The smallest absolute Gasteiger partial charge is 0.244 e. The van der Waals surface area contributed by atoms with Crippen molar-refractivity contribution in [1.82, 2.24) is 4.90 Å². The summed E-state index contributed by atoms with van der Waals surface area (Å²) in [7, 11) is 1.74. The van der Waals surface area contributed by atoms with Crippen molar-refractivity contribution in [3.05, 3.63) is 64.1 Å². The molecule has 0 aliphatic heterocycles. The predicted molar refractivity (Wildman–Crippen MR) is 128 cm³/mol. The van der Waals surface area contributed by atoms with Gasteiger partial charge in [0.15, 0.2) is 0 Å². The highest BCUT2D eigenvalue weighted by molar-refractivity contribution is 6.39. The van der Waals surface area contributed by atoms with E-state index in [9.17, 15) is 9.59 Å². The van der Waals surface area contributed by atoms with Crippen LogP contribution in [0.4, 0.5) is 5.69 Å². The molecule has 0 spiro atoms. The maximum Gasteiger partial charge on any atom is 0.244 e. The zero-order valence-corrected chi connectivity index (χ0v) is 19.8. The maximum absolute atomic E-state index is 13.8. The Balaban J connectivity index is 1.34. The van der Waals surface area contributed by atoms with Gasteiger partial charge in [-0.3, -0.25) is 9.59 Å². The number of nitrogens with zero attached hydrogens (tertiary/aromatic N) is 1. The molecular formula is C26H28Cl2N2O2. The fourth-order valence-corrected chi connectivity index (χ4v) is 7.62. The molecule has 0 heterocycles. The largest absolute Gasteiger partial charge is 0.336 e. The summed E-state index contributed by atoms with van der Waals surface area (Å²) in [5, 5.41) is 3.54. The Hall–Kier alpha value is -2.04. The van der Waals surface area contributed by atoms with Gasteiger partial charge in [0.05, 0.1) is 27.7 Å². The van der Waals surface area contributed by atoms with E-state index in [0.717, 1.165) is 19.3 Å². The SMILES string of the molecule is CN(CC(=O)Nc1c(Cl)cccc1Cl)C(=O)C12CC3CC(C1)CC(c1ccccc1)(C3)C2. The zero-order valence-electron chi connectivity index (χ0n) is 18.2. The van der Waals surface area contributed by atoms with E-state index < -0.39 is 0 Å². The first-order chi connectivity index (χ1) is 15.3. The van der Waals surface area contributed by atoms with Crippen LogP contribution in [0.1, 0.15) is 44.1 Å².